The second kappa shape index (κ2) is 8.56. The zero-order valence-corrected chi connectivity index (χ0v) is 18.5. The highest BCUT2D eigenvalue weighted by Crippen LogP contribution is 2.27. The van der Waals surface area contributed by atoms with Gasteiger partial charge < -0.3 is 4.42 Å². The fourth-order valence-electron chi connectivity index (χ4n) is 3.98. The predicted octanol–water partition coefficient (Wildman–Crippen LogP) is 5.42. The van der Waals surface area contributed by atoms with E-state index in [9.17, 15) is 13.2 Å². The highest BCUT2D eigenvalue weighted by molar-refractivity contribution is 7.90. The molecule has 0 spiro atoms. The molecule has 164 valence electrons. The van der Waals surface area contributed by atoms with Crippen molar-refractivity contribution >= 4 is 37.7 Å². The molecule has 0 aliphatic rings. The fourth-order valence-corrected chi connectivity index (χ4v) is 4.97. The van der Waals surface area contributed by atoms with Crippen LogP contribution >= 0.6 is 0 Å². The predicted molar refractivity (Wildman–Crippen MR) is 128 cm³/mol. The van der Waals surface area contributed by atoms with Crippen LogP contribution in [-0.2, 0) is 21.2 Å². The van der Waals surface area contributed by atoms with Gasteiger partial charge in [-0.2, -0.15) is 8.42 Å². The maximum atomic E-state index is 13.4. The Kier molecular flexibility index (Phi) is 5.44. The average Bonchev–Trinajstić information content (AvgIpc) is 3.28. The Bertz CT molecular complexity index is 1520. The van der Waals surface area contributed by atoms with E-state index in [1.807, 2.05) is 72.8 Å². The van der Waals surface area contributed by atoms with Crippen molar-refractivity contribution < 1.29 is 17.6 Å². The standard InChI is InChI=1S/C27H21NO4S/c29-27(28-33(30,31)26-18-23-12-6-7-13-25(23)32-26)24(16-19-8-2-1-3-9-19)22-15-14-20-10-4-5-11-21(20)17-22/h1-15,17-18,24H,16H2,(H,28,29). The summed E-state index contributed by atoms with van der Waals surface area (Å²) in [5.74, 6) is -1.30. The van der Waals surface area contributed by atoms with Crippen LogP contribution < -0.4 is 4.72 Å². The molecule has 0 aliphatic carbocycles. The number of sulfonamides is 1. The van der Waals surface area contributed by atoms with Gasteiger partial charge in [0.05, 0.1) is 5.92 Å². The van der Waals surface area contributed by atoms with E-state index in [4.69, 9.17) is 4.42 Å². The van der Waals surface area contributed by atoms with Gasteiger partial charge in [0.1, 0.15) is 5.58 Å². The van der Waals surface area contributed by atoms with Gasteiger partial charge in [-0.05, 0) is 34.4 Å². The molecule has 6 heteroatoms. The van der Waals surface area contributed by atoms with Crippen LogP contribution in [0, 0.1) is 0 Å². The number of hydrogen-bond acceptors (Lipinski definition) is 4. The minimum atomic E-state index is -4.18. The van der Waals surface area contributed by atoms with Crippen LogP contribution in [0.25, 0.3) is 21.7 Å². The quantitative estimate of drug-likeness (QED) is 0.371. The molecular weight excluding hydrogens is 434 g/mol. The van der Waals surface area contributed by atoms with Crippen molar-refractivity contribution in [3.8, 4) is 0 Å². The zero-order valence-electron chi connectivity index (χ0n) is 17.6. The Morgan fingerprint density at radius 1 is 0.758 bits per heavy atom. The minimum Gasteiger partial charge on any atom is -0.443 e. The molecule has 0 bridgehead atoms. The first-order chi connectivity index (χ1) is 16.0. The van der Waals surface area contributed by atoms with Gasteiger partial charge in [-0.25, -0.2) is 4.72 Å². The Labute approximate surface area is 191 Å². The molecule has 1 N–H and O–H groups in total. The van der Waals surface area contributed by atoms with Gasteiger partial charge in [0.25, 0.3) is 10.0 Å². The highest BCUT2D eigenvalue weighted by Gasteiger charge is 2.28. The smallest absolute Gasteiger partial charge is 0.297 e. The normalized spacial score (nSPS) is 12.6. The minimum absolute atomic E-state index is 0.283. The Morgan fingerprint density at radius 3 is 2.18 bits per heavy atom. The van der Waals surface area contributed by atoms with Crippen LogP contribution in [0.4, 0.5) is 0 Å². The lowest BCUT2D eigenvalue weighted by Crippen LogP contribution is -2.35. The molecule has 0 radical (unpaired) electrons. The van der Waals surface area contributed by atoms with Gasteiger partial charge in [0, 0.05) is 11.5 Å². The fraction of sp³-hybridized carbons (Fsp3) is 0.0741. The third kappa shape index (κ3) is 4.38. The number of benzene rings is 4. The number of hydrogen-bond donors (Lipinski definition) is 1. The number of carbonyl (C=O) groups is 1. The monoisotopic (exact) mass is 455 g/mol. The van der Waals surface area contributed by atoms with E-state index in [0.29, 0.717) is 17.4 Å². The first kappa shape index (κ1) is 21.0. The second-order valence-electron chi connectivity index (χ2n) is 7.92. The molecule has 0 saturated carbocycles. The first-order valence-electron chi connectivity index (χ1n) is 10.6. The van der Waals surface area contributed by atoms with Crippen LogP contribution in [0.1, 0.15) is 17.0 Å². The van der Waals surface area contributed by atoms with Crippen molar-refractivity contribution in [1.82, 2.24) is 4.72 Å². The summed E-state index contributed by atoms with van der Waals surface area (Å²) in [7, 11) is -4.18. The van der Waals surface area contributed by atoms with Gasteiger partial charge in [0.2, 0.25) is 11.0 Å². The molecule has 4 aromatic carbocycles. The van der Waals surface area contributed by atoms with E-state index >= 15 is 0 Å². The van der Waals surface area contributed by atoms with Gasteiger partial charge >= 0.3 is 0 Å². The number of nitrogens with one attached hydrogen (secondary N) is 1. The number of rotatable bonds is 6. The van der Waals surface area contributed by atoms with Crippen molar-refractivity contribution in [2.75, 3.05) is 0 Å². The van der Waals surface area contributed by atoms with Crippen LogP contribution in [0.3, 0.4) is 0 Å². The summed E-state index contributed by atoms with van der Waals surface area (Å²) in [6, 6.07) is 31.6. The highest BCUT2D eigenvalue weighted by atomic mass is 32.2. The summed E-state index contributed by atoms with van der Waals surface area (Å²) >= 11 is 0. The van der Waals surface area contributed by atoms with Crippen LogP contribution in [0.2, 0.25) is 0 Å². The third-order valence-corrected chi connectivity index (χ3v) is 6.88. The number of amides is 1. The lowest BCUT2D eigenvalue weighted by molar-refractivity contribution is -0.120. The number of carbonyl (C=O) groups excluding carboxylic acids is 1. The van der Waals surface area contributed by atoms with Crippen LogP contribution in [-0.4, -0.2) is 14.3 Å². The molecule has 5 rings (SSSR count). The summed E-state index contributed by atoms with van der Waals surface area (Å²) in [5, 5.41) is 2.41. The summed E-state index contributed by atoms with van der Waals surface area (Å²) in [5.41, 5.74) is 2.13. The lowest BCUT2D eigenvalue weighted by Gasteiger charge is -2.18. The van der Waals surface area contributed by atoms with E-state index in [2.05, 4.69) is 4.72 Å². The molecule has 0 fully saturated rings. The van der Waals surface area contributed by atoms with Crippen molar-refractivity contribution in [3.63, 3.8) is 0 Å². The molecule has 1 atom stereocenters. The van der Waals surface area contributed by atoms with Crippen molar-refractivity contribution in [3.05, 3.63) is 114 Å². The Hall–Kier alpha value is -3.90. The van der Waals surface area contributed by atoms with E-state index in [0.717, 1.165) is 21.9 Å². The number of furan rings is 1. The maximum Gasteiger partial charge on any atom is 0.297 e. The SMILES string of the molecule is O=C(NS(=O)(=O)c1cc2ccccc2o1)C(Cc1ccccc1)c1ccc2ccccc2c1. The maximum absolute atomic E-state index is 13.4. The van der Waals surface area contributed by atoms with Gasteiger partial charge in [-0.1, -0.05) is 91.0 Å². The van der Waals surface area contributed by atoms with E-state index in [-0.39, 0.29) is 5.09 Å². The van der Waals surface area contributed by atoms with Crippen molar-refractivity contribution in [2.45, 2.75) is 17.4 Å². The Morgan fingerprint density at radius 2 is 1.42 bits per heavy atom. The topological polar surface area (TPSA) is 76.4 Å². The summed E-state index contributed by atoms with van der Waals surface area (Å²) in [6.07, 6.45) is 0.362. The molecule has 5 nitrogen and oxygen atoms in total. The largest absolute Gasteiger partial charge is 0.443 e. The third-order valence-electron chi connectivity index (χ3n) is 5.68. The molecular formula is C27H21NO4S. The molecule has 33 heavy (non-hydrogen) atoms. The molecule has 5 aromatic rings. The second-order valence-corrected chi connectivity index (χ2v) is 9.54. The average molecular weight is 456 g/mol. The first-order valence-corrected chi connectivity index (χ1v) is 12.1. The molecule has 1 amide bonds. The molecule has 0 aliphatic heterocycles. The van der Waals surface area contributed by atoms with Crippen LogP contribution in [0.5, 0.6) is 0 Å². The van der Waals surface area contributed by atoms with Gasteiger partial charge in [-0.3, -0.25) is 4.79 Å². The zero-order chi connectivity index (χ0) is 22.8. The summed E-state index contributed by atoms with van der Waals surface area (Å²) in [4.78, 5) is 13.4. The molecule has 0 saturated heterocycles. The van der Waals surface area contributed by atoms with Gasteiger partial charge in [-0.15, -0.1) is 0 Å². The van der Waals surface area contributed by atoms with E-state index in [1.165, 1.54) is 6.07 Å². The summed E-state index contributed by atoms with van der Waals surface area (Å²) in [6.45, 7) is 0. The Balaban J connectivity index is 1.50. The molecule has 1 unspecified atom stereocenters. The number of para-hydroxylation sites is 1. The van der Waals surface area contributed by atoms with Crippen molar-refractivity contribution in [2.24, 2.45) is 0 Å². The van der Waals surface area contributed by atoms with Gasteiger partial charge in [0.15, 0.2) is 0 Å². The van der Waals surface area contributed by atoms with Crippen molar-refractivity contribution in [1.29, 1.82) is 0 Å². The number of fused-ring (bicyclic) bond motifs is 2. The van der Waals surface area contributed by atoms with Crippen LogP contribution in [0.15, 0.2) is 113 Å². The van der Waals surface area contributed by atoms with E-state index < -0.39 is 21.8 Å². The summed E-state index contributed by atoms with van der Waals surface area (Å²) < 4.78 is 33.7. The molecule has 1 aromatic heterocycles. The molecule has 1 heterocycles. The lowest BCUT2D eigenvalue weighted by atomic mass is 9.90. The van der Waals surface area contributed by atoms with E-state index in [1.54, 1.807) is 24.3 Å².